The lowest BCUT2D eigenvalue weighted by molar-refractivity contribution is 0.0833. The second kappa shape index (κ2) is 5.47. The lowest BCUT2D eigenvalue weighted by Gasteiger charge is -2.31. The van der Waals surface area contributed by atoms with Crippen LogP contribution in [0.25, 0.3) is 10.9 Å². The molecule has 110 valence electrons. The van der Waals surface area contributed by atoms with Crippen molar-refractivity contribution >= 4 is 22.4 Å². The van der Waals surface area contributed by atoms with Gasteiger partial charge in [0.1, 0.15) is 5.69 Å². The fourth-order valence-electron chi connectivity index (χ4n) is 3.32. The van der Waals surface area contributed by atoms with E-state index in [-0.39, 0.29) is 11.7 Å². The number of carbonyl (C=O) groups is 1. The Labute approximate surface area is 125 Å². The number of carbonyl (C=O) groups excluding carboxylic acids is 1. The first-order valence-corrected chi connectivity index (χ1v) is 7.75. The number of para-hydroxylation sites is 1. The van der Waals surface area contributed by atoms with Gasteiger partial charge in [-0.05, 0) is 43.2 Å². The fraction of sp³-hybridized carbons (Fsp3) is 0.444. The van der Waals surface area contributed by atoms with Crippen molar-refractivity contribution in [3.8, 4) is 0 Å². The monoisotopic (exact) mass is 282 g/mol. The highest BCUT2D eigenvalue weighted by atomic mass is 16.1. The Hall–Kier alpha value is -1.90. The molecular weight excluding hydrogens is 260 g/mol. The van der Waals surface area contributed by atoms with Crippen LogP contribution in [-0.2, 0) is 0 Å². The van der Waals surface area contributed by atoms with Gasteiger partial charge in [0.15, 0.2) is 5.78 Å². The zero-order valence-corrected chi connectivity index (χ0v) is 12.7. The highest BCUT2D eigenvalue weighted by Gasteiger charge is 2.30. The van der Waals surface area contributed by atoms with Gasteiger partial charge in [0, 0.05) is 17.0 Å². The third kappa shape index (κ3) is 2.65. The summed E-state index contributed by atoms with van der Waals surface area (Å²) >= 11 is 0. The minimum Gasteiger partial charge on any atom is -0.398 e. The van der Waals surface area contributed by atoms with E-state index >= 15 is 0 Å². The lowest BCUT2D eigenvalue weighted by Crippen LogP contribution is -2.27. The van der Waals surface area contributed by atoms with Crippen LogP contribution < -0.4 is 5.73 Å². The van der Waals surface area contributed by atoms with Crippen molar-refractivity contribution in [3.05, 3.63) is 36.0 Å². The molecule has 1 aliphatic rings. The summed E-state index contributed by atoms with van der Waals surface area (Å²) in [6.07, 6.45) is 3.06. The number of hydrogen-bond acceptors (Lipinski definition) is 3. The van der Waals surface area contributed by atoms with E-state index in [1.165, 1.54) is 0 Å². The van der Waals surface area contributed by atoms with Crippen LogP contribution in [0, 0.1) is 17.8 Å². The van der Waals surface area contributed by atoms with Gasteiger partial charge in [-0.25, -0.2) is 4.98 Å². The molecule has 1 saturated carbocycles. The van der Waals surface area contributed by atoms with Gasteiger partial charge >= 0.3 is 0 Å². The van der Waals surface area contributed by atoms with Crippen molar-refractivity contribution in [3.63, 3.8) is 0 Å². The van der Waals surface area contributed by atoms with Gasteiger partial charge in [-0.1, -0.05) is 32.0 Å². The summed E-state index contributed by atoms with van der Waals surface area (Å²) in [4.78, 5) is 17.3. The number of Topliss-reactive ketones (excluding diaryl/α,β-unsaturated/α-hetero) is 1. The molecule has 1 aromatic heterocycles. The number of fused-ring (bicyclic) bond motifs is 1. The molecule has 0 saturated heterocycles. The second-order valence-corrected chi connectivity index (χ2v) is 6.44. The average Bonchev–Trinajstić information content (AvgIpc) is 2.49. The number of nitrogen functional groups attached to an aromatic ring is 1. The predicted octanol–water partition coefficient (Wildman–Crippen LogP) is 4.07. The average molecular weight is 282 g/mol. The van der Waals surface area contributed by atoms with Crippen LogP contribution in [0.3, 0.4) is 0 Å². The Bertz CT molecular complexity index is 680. The summed E-state index contributed by atoms with van der Waals surface area (Å²) in [5.41, 5.74) is 8.05. The van der Waals surface area contributed by atoms with Crippen molar-refractivity contribution in [2.75, 3.05) is 5.73 Å². The summed E-state index contributed by atoms with van der Waals surface area (Å²) in [6.45, 7) is 4.52. The molecule has 0 aliphatic heterocycles. The highest BCUT2D eigenvalue weighted by molar-refractivity contribution is 6.01. The number of ketones is 1. The number of nitrogens with two attached hydrogens (primary N) is 1. The van der Waals surface area contributed by atoms with E-state index in [2.05, 4.69) is 18.8 Å². The minimum atomic E-state index is 0.101. The van der Waals surface area contributed by atoms with Crippen LogP contribution in [0.5, 0.6) is 0 Å². The maximum Gasteiger partial charge on any atom is 0.184 e. The van der Waals surface area contributed by atoms with Crippen molar-refractivity contribution in [1.29, 1.82) is 0 Å². The summed E-state index contributed by atoms with van der Waals surface area (Å²) < 4.78 is 0. The van der Waals surface area contributed by atoms with Crippen molar-refractivity contribution < 1.29 is 4.79 Å². The normalized spacial score (nSPS) is 25.9. The third-order valence-electron chi connectivity index (χ3n) is 4.97. The van der Waals surface area contributed by atoms with Crippen LogP contribution in [0.4, 0.5) is 5.69 Å². The molecule has 2 aromatic rings. The number of benzene rings is 1. The van der Waals surface area contributed by atoms with Crippen LogP contribution in [-0.4, -0.2) is 10.8 Å². The second-order valence-electron chi connectivity index (χ2n) is 6.44. The van der Waals surface area contributed by atoms with E-state index in [4.69, 9.17) is 5.73 Å². The van der Waals surface area contributed by atoms with Crippen LogP contribution in [0.1, 0.15) is 43.6 Å². The first-order chi connectivity index (χ1) is 10.1. The molecule has 21 heavy (non-hydrogen) atoms. The maximum absolute atomic E-state index is 12.7. The molecule has 3 unspecified atom stereocenters. The largest absolute Gasteiger partial charge is 0.398 e. The molecule has 0 spiro atoms. The van der Waals surface area contributed by atoms with Crippen molar-refractivity contribution in [2.24, 2.45) is 17.8 Å². The minimum absolute atomic E-state index is 0.101. The molecule has 1 heterocycles. The van der Waals surface area contributed by atoms with E-state index in [9.17, 15) is 4.79 Å². The number of aromatic nitrogens is 1. The SMILES string of the molecule is CC1CCC(C(=O)c2cc(N)c3ccccc3n2)CC1C. The van der Waals surface area contributed by atoms with Gasteiger partial charge in [0.25, 0.3) is 0 Å². The lowest BCUT2D eigenvalue weighted by atomic mass is 9.74. The molecule has 0 amide bonds. The quantitative estimate of drug-likeness (QED) is 0.845. The number of nitrogens with zero attached hydrogens (tertiary/aromatic N) is 1. The van der Waals surface area contributed by atoms with Crippen molar-refractivity contribution in [1.82, 2.24) is 4.98 Å². The Morgan fingerprint density at radius 3 is 2.71 bits per heavy atom. The number of anilines is 1. The molecule has 1 aromatic carbocycles. The van der Waals surface area contributed by atoms with E-state index in [1.54, 1.807) is 6.07 Å². The third-order valence-corrected chi connectivity index (χ3v) is 4.97. The van der Waals surface area contributed by atoms with Gasteiger partial charge < -0.3 is 5.73 Å². The highest BCUT2D eigenvalue weighted by Crippen LogP contribution is 2.35. The fourth-order valence-corrected chi connectivity index (χ4v) is 3.32. The van der Waals surface area contributed by atoms with E-state index in [1.807, 2.05) is 24.3 Å². The summed E-state index contributed by atoms with van der Waals surface area (Å²) in [7, 11) is 0. The van der Waals surface area contributed by atoms with Gasteiger partial charge in [0.2, 0.25) is 0 Å². The molecule has 3 nitrogen and oxygen atoms in total. The van der Waals surface area contributed by atoms with Gasteiger partial charge in [0.05, 0.1) is 5.52 Å². The van der Waals surface area contributed by atoms with Crippen LogP contribution >= 0.6 is 0 Å². The molecule has 2 N–H and O–H groups in total. The van der Waals surface area contributed by atoms with Gasteiger partial charge in [-0.15, -0.1) is 0 Å². The smallest absolute Gasteiger partial charge is 0.184 e. The van der Waals surface area contributed by atoms with Crippen LogP contribution in [0.2, 0.25) is 0 Å². The predicted molar refractivity (Wildman–Crippen MR) is 86.2 cm³/mol. The number of hydrogen-bond donors (Lipinski definition) is 1. The Kier molecular flexibility index (Phi) is 3.66. The van der Waals surface area contributed by atoms with Gasteiger partial charge in [-0.3, -0.25) is 4.79 Å². The zero-order valence-electron chi connectivity index (χ0n) is 12.7. The van der Waals surface area contributed by atoms with E-state index in [0.717, 1.165) is 30.2 Å². The summed E-state index contributed by atoms with van der Waals surface area (Å²) in [6, 6.07) is 9.46. The van der Waals surface area contributed by atoms with Gasteiger partial charge in [-0.2, -0.15) is 0 Å². The van der Waals surface area contributed by atoms with Crippen LogP contribution in [0.15, 0.2) is 30.3 Å². The van der Waals surface area contributed by atoms with E-state index < -0.39 is 0 Å². The Morgan fingerprint density at radius 2 is 1.95 bits per heavy atom. The number of rotatable bonds is 2. The first-order valence-electron chi connectivity index (χ1n) is 7.75. The van der Waals surface area contributed by atoms with Crippen molar-refractivity contribution in [2.45, 2.75) is 33.1 Å². The molecule has 0 bridgehead atoms. The number of pyridine rings is 1. The Balaban J connectivity index is 1.91. The molecule has 1 aliphatic carbocycles. The summed E-state index contributed by atoms with van der Waals surface area (Å²) in [5, 5.41) is 0.916. The maximum atomic E-state index is 12.7. The Morgan fingerprint density at radius 1 is 1.19 bits per heavy atom. The standard InChI is InChI=1S/C18H22N2O/c1-11-7-8-13(9-12(11)2)18(21)17-10-15(19)14-5-3-4-6-16(14)20-17/h3-6,10-13H,7-9H2,1-2H3,(H2,19,20). The molecule has 3 atom stereocenters. The van der Waals surface area contributed by atoms with E-state index in [0.29, 0.717) is 23.2 Å². The molecule has 3 heteroatoms. The zero-order chi connectivity index (χ0) is 15.0. The molecular formula is C18H22N2O. The summed E-state index contributed by atoms with van der Waals surface area (Å²) in [5.74, 6) is 1.57. The molecule has 0 radical (unpaired) electrons. The topological polar surface area (TPSA) is 56.0 Å². The first kappa shape index (κ1) is 14.1. The molecule has 3 rings (SSSR count). The molecule has 1 fully saturated rings.